The van der Waals surface area contributed by atoms with Crippen LogP contribution in [0.5, 0.6) is 0 Å². The first-order valence-corrected chi connectivity index (χ1v) is 47.3. The van der Waals surface area contributed by atoms with Crippen molar-refractivity contribution in [2.75, 3.05) is 98.1 Å². The fraction of sp³-hybridized carbons (Fsp3) is 0.407. The Morgan fingerprint density at radius 2 is 0.606 bits per heavy atom. The van der Waals surface area contributed by atoms with E-state index < -0.39 is 96.0 Å². The van der Waals surface area contributed by atoms with E-state index in [2.05, 4.69) is 82.0 Å². The summed E-state index contributed by atoms with van der Waals surface area (Å²) in [6, 6.07) is 60.1. The first-order chi connectivity index (χ1) is 67.9. The zero-order valence-electron chi connectivity index (χ0n) is 81.1. The van der Waals surface area contributed by atoms with Gasteiger partial charge in [0.2, 0.25) is 47.2 Å². The van der Waals surface area contributed by atoms with E-state index in [0.717, 1.165) is 187 Å². The van der Waals surface area contributed by atoms with E-state index in [-0.39, 0.29) is 53.1 Å². The number of amides is 7. The third kappa shape index (κ3) is 26.4. The van der Waals surface area contributed by atoms with Crippen LogP contribution in [-0.4, -0.2) is 221 Å². The molecule has 0 aliphatic carbocycles. The number of anilines is 4. The Kier molecular flexibility index (Phi) is 35.3. The summed E-state index contributed by atoms with van der Waals surface area (Å²) in [6.45, 7) is 52.4. The van der Waals surface area contributed by atoms with E-state index in [1.165, 1.54) is 19.6 Å². The molecule has 0 bridgehead atoms. The Morgan fingerprint density at radius 3 is 0.901 bits per heavy atom. The number of piperidine rings is 4. The molecular weight excluding hydrogens is 1810 g/mol. The minimum absolute atomic E-state index is 0.114. The number of aliphatic carboxylic acids is 1. The number of hydrogen-bond acceptors (Lipinski definition) is 23. The molecule has 0 radical (unpaired) electrons. The minimum Gasteiger partial charge on any atom is -0.478 e. The molecule has 4 fully saturated rings. The average molecular weight is 1930 g/mol. The van der Waals surface area contributed by atoms with Crippen LogP contribution in [0.25, 0.3) is 19.4 Å². The fourth-order valence-corrected chi connectivity index (χ4v) is 18.7. The van der Waals surface area contributed by atoms with E-state index in [1.54, 1.807) is 30.3 Å². The van der Waals surface area contributed by atoms with Gasteiger partial charge in [-0.15, -0.1) is 0 Å². The van der Waals surface area contributed by atoms with Crippen molar-refractivity contribution in [1.29, 1.82) is 0 Å². The zero-order chi connectivity index (χ0) is 102. The highest BCUT2D eigenvalue weighted by Gasteiger charge is 2.48. The maximum absolute atomic E-state index is 13.5. The summed E-state index contributed by atoms with van der Waals surface area (Å²) in [5.41, 5.74) is 18.8. The number of imide groups is 1. The van der Waals surface area contributed by atoms with Gasteiger partial charge in [0.1, 0.15) is 0 Å². The van der Waals surface area contributed by atoms with Gasteiger partial charge in [0, 0.05) is 162 Å². The highest BCUT2D eigenvalue weighted by Crippen LogP contribution is 2.43. The van der Waals surface area contributed by atoms with Gasteiger partial charge in [0.05, 0.1) is 37.4 Å². The number of aliphatic hydroxyl groups is 2. The van der Waals surface area contributed by atoms with Gasteiger partial charge in [-0.3, -0.25) is 57.6 Å². The number of esters is 4. The van der Waals surface area contributed by atoms with Crippen molar-refractivity contribution < 1.29 is 91.8 Å². The van der Waals surface area contributed by atoms with Crippen LogP contribution in [0.15, 0.2) is 194 Å². The maximum atomic E-state index is 13.5. The molecule has 8 aliphatic heterocycles. The smallest absolute Gasteiger partial charge is 0.349 e. The summed E-state index contributed by atoms with van der Waals surface area (Å²) in [7, 11) is 0. The second-order valence-electron chi connectivity index (χ2n) is 38.2. The molecule has 8 aromatic rings. The number of hydrogen-bond donors (Lipinski definition) is 6. The topological polar surface area (TPSA) is 396 Å². The fourth-order valence-electron chi connectivity index (χ4n) is 18.7. The SMILES string of the molecule is CC(=O)O[C@@H](C(=O)O)[C@@H](OC(C)=O)C(=O)N1Cc2ccccc2C1.[C-]#[N+]c1ccccc1N1CCC(C)(CN)CC1.[C-]#[N+]c1ccccc1N1CCC(C)(CN2C(=O)c3ccccc3C2=O)CC1.[C-]#[N+]c1ccccc1N1CCC(C)(CNC(=O)[C@H](O)[C@@H](O)C(=O)N2Cc3ccccc3C2)CC1.[C-]#[N+]c1ccccc1N1CCC(C)(CNC(=O)[C@H](OC(C)=O)[C@@H](OC(C)=O)C(=O)N2Cc3ccccc3C2)CC1. The number of benzene rings is 8. The molecule has 0 saturated carbocycles. The molecule has 7 N–H and O–H groups in total. The van der Waals surface area contributed by atoms with Crippen LogP contribution in [0.3, 0.4) is 0 Å². The summed E-state index contributed by atoms with van der Waals surface area (Å²) in [5.74, 6) is -8.64. The van der Waals surface area contributed by atoms with Crippen molar-refractivity contribution >= 4 is 117 Å². The number of fused-ring (bicyclic) bond motifs is 4. The van der Waals surface area contributed by atoms with Gasteiger partial charge in [-0.1, -0.05) is 185 Å². The first kappa shape index (κ1) is 106. The summed E-state index contributed by atoms with van der Waals surface area (Å²) >= 11 is 0. The van der Waals surface area contributed by atoms with Crippen LogP contribution in [0.4, 0.5) is 45.5 Å². The van der Waals surface area contributed by atoms with Crippen molar-refractivity contribution in [3.63, 3.8) is 0 Å². The number of aliphatic hydroxyl groups excluding tert-OH is 2. The number of nitrogens with zero attached hydrogens (tertiary/aromatic N) is 12. The third-order valence-corrected chi connectivity index (χ3v) is 27.5. The minimum atomic E-state index is -1.90. The van der Waals surface area contributed by atoms with Crippen LogP contribution in [0, 0.1) is 47.9 Å². The molecule has 34 nitrogen and oxygen atoms in total. The van der Waals surface area contributed by atoms with Gasteiger partial charge in [-0.05, 0) is 149 Å². The monoisotopic (exact) mass is 1930 g/mol. The normalized spacial score (nSPS) is 17.6. The van der Waals surface area contributed by atoms with Gasteiger partial charge in [0.15, 0.2) is 12.2 Å². The number of ether oxygens (including phenoxy) is 4. The highest BCUT2D eigenvalue weighted by atomic mass is 16.6. The van der Waals surface area contributed by atoms with Gasteiger partial charge < -0.3 is 84.9 Å². The predicted octanol–water partition coefficient (Wildman–Crippen LogP) is 13.0. The van der Waals surface area contributed by atoms with Crippen molar-refractivity contribution in [3.8, 4) is 0 Å². The number of carbonyl (C=O) groups is 12. The molecule has 742 valence electrons. The van der Waals surface area contributed by atoms with Crippen LogP contribution >= 0.6 is 0 Å². The molecule has 7 amide bonds. The highest BCUT2D eigenvalue weighted by molar-refractivity contribution is 6.21. The van der Waals surface area contributed by atoms with E-state index in [1.807, 2.05) is 164 Å². The van der Waals surface area contributed by atoms with Gasteiger partial charge in [0.25, 0.3) is 41.4 Å². The Bertz CT molecular complexity index is 6050. The van der Waals surface area contributed by atoms with E-state index in [9.17, 15) is 72.9 Å². The summed E-state index contributed by atoms with van der Waals surface area (Å²) in [6.07, 6.45) is -3.49. The lowest BCUT2D eigenvalue weighted by Crippen LogP contribution is -2.55. The maximum Gasteiger partial charge on any atom is 0.349 e. The molecule has 8 aliphatic rings. The summed E-state index contributed by atoms with van der Waals surface area (Å²) in [4.78, 5) is 177. The standard InChI is InChI=1S/C30H34N4O6.C26H30N4O4.C22H21N3O2.C16H17NO7.C14H19N3/c1-20(35)39-26(27(40-21(2)36)29(38)34-17-22-9-5-6-10-23(22)18-34)28(37)32-19-30(3)13-15-33(16-14-30)25-12-8-7-11-24(25)31-4;1-26(11-13-29(14-12-26)21-10-6-5-9-20(21)27-2)17-28-24(33)22(31)23(32)25(34)30-15-18-7-3-4-8-19(18)16-30;1-22(15-25-20(26)16-7-3-4-8-17(16)21(25)27)11-13-24(14-12-22)19-10-6-5-9-18(19)23-2;1-9(18)23-13(14(16(21)22)24-10(2)19)15(20)17-7-11-5-3-4-6-12(11)8-17;1-14(11-15)7-9-17(10-8-14)13-6-4-3-5-12(13)16-2/h5-12,26-27H,13-19H2,1-3H3,(H,32,37);3-10,22-23,31-32H,11-17H2,1H3,(H,28,33);3-10H,11-15H2,1H3;3-6,13-14H,7-8H2,1-2H3,(H,21,22);3-6H,7-11,15H2,1H3/t26-,27-;22-,23-;;13-,14-;/m11.1./s1. The lowest BCUT2D eigenvalue weighted by atomic mass is 9.79. The number of para-hydroxylation sites is 8. The second-order valence-corrected chi connectivity index (χ2v) is 38.2. The lowest BCUT2D eigenvalue weighted by Gasteiger charge is -2.42. The zero-order valence-corrected chi connectivity index (χ0v) is 81.1. The Hall–Kier alpha value is -15.4. The molecule has 8 aromatic carbocycles. The van der Waals surface area contributed by atoms with Crippen LogP contribution in [0.1, 0.15) is 161 Å². The molecule has 8 heterocycles. The van der Waals surface area contributed by atoms with Crippen molar-refractivity contribution in [3.05, 3.63) is 284 Å². The number of nitrogens with one attached hydrogen (secondary N) is 2. The summed E-state index contributed by atoms with van der Waals surface area (Å²) < 4.78 is 20.1. The van der Waals surface area contributed by atoms with Gasteiger partial charge in [-0.2, -0.15) is 0 Å². The number of carbonyl (C=O) groups excluding carboxylic acids is 11. The second kappa shape index (κ2) is 47.5. The number of carboxylic acids is 1. The van der Waals surface area contributed by atoms with Gasteiger partial charge >= 0.3 is 29.8 Å². The molecule has 34 heteroatoms. The van der Waals surface area contributed by atoms with Crippen LogP contribution in [-0.2, 0) is 106 Å². The van der Waals surface area contributed by atoms with E-state index in [4.69, 9.17) is 46.2 Å². The quantitative estimate of drug-likeness (QED) is 0.0142. The first-order valence-electron chi connectivity index (χ1n) is 47.3. The number of nitrogens with two attached hydrogens (primary N) is 1. The molecule has 0 unspecified atom stereocenters. The number of rotatable bonds is 24. The molecule has 0 spiro atoms. The molecule has 0 aromatic heterocycles. The predicted molar refractivity (Wildman–Crippen MR) is 530 cm³/mol. The lowest BCUT2D eigenvalue weighted by molar-refractivity contribution is -0.183. The largest absolute Gasteiger partial charge is 0.478 e. The van der Waals surface area contributed by atoms with Crippen molar-refractivity contribution in [2.24, 2.45) is 27.4 Å². The average Bonchev–Trinajstić information content (AvgIpc) is 1.62. The Morgan fingerprint density at radius 1 is 0.352 bits per heavy atom. The van der Waals surface area contributed by atoms with Crippen LogP contribution in [0.2, 0.25) is 0 Å². The summed E-state index contributed by atoms with van der Waals surface area (Å²) in [5, 5.41) is 35.5. The molecule has 16 rings (SSSR count). The van der Waals surface area contributed by atoms with Crippen molar-refractivity contribution in [1.82, 2.24) is 30.2 Å². The third-order valence-electron chi connectivity index (χ3n) is 27.5. The van der Waals surface area contributed by atoms with Gasteiger partial charge in [-0.25, -0.2) is 24.2 Å². The van der Waals surface area contributed by atoms with Crippen molar-refractivity contribution in [2.45, 2.75) is 183 Å². The molecule has 142 heavy (non-hydrogen) atoms. The number of carboxylic acid groups (broad SMARTS) is 1. The van der Waals surface area contributed by atoms with E-state index in [0.29, 0.717) is 80.5 Å². The molecule has 6 atom stereocenters. The van der Waals surface area contributed by atoms with Crippen LogP contribution < -0.4 is 36.0 Å². The Labute approximate surface area is 826 Å². The Balaban J connectivity index is 0.000000163. The van der Waals surface area contributed by atoms with E-state index >= 15 is 0 Å². The molecular formula is C108H121N15O19. The molecule has 4 saturated heterocycles.